The smallest absolute Gasteiger partial charge is 0.349 e. The fourth-order valence-corrected chi connectivity index (χ4v) is 5.22. The molecule has 0 aliphatic heterocycles. The van der Waals surface area contributed by atoms with Crippen LogP contribution in [0.25, 0.3) is 10.9 Å². The highest BCUT2D eigenvalue weighted by Gasteiger charge is 2.31. The minimum Gasteiger partial charge on any atom is -0.476 e. The van der Waals surface area contributed by atoms with Gasteiger partial charge in [-0.25, -0.2) is 13.6 Å². The van der Waals surface area contributed by atoms with Crippen LogP contribution in [0, 0.1) is 24.5 Å². The molecule has 0 spiro atoms. The molecule has 0 bridgehead atoms. The van der Waals surface area contributed by atoms with Crippen molar-refractivity contribution in [2.75, 3.05) is 7.11 Å². The highest BCUT2D eigenvalue weighted by atomic mass is 19.1. The van der Waals surface area contributed by atoms with Gasteiger partial charge in [0, 0.05) is 41.2 Å². The number of rotatable bonds is 10. The highest BCUT2D eigenvalue weighted by Crippen LogP contribution is 2.32. The Balaban J connectivity index is 1.68. The fourth-order valence-electron chi connectivity index (χ4n) is 5.22. The summed E-state index contributed by atoms with van der Waals surface area (Å²) in [5.41, 5.74) is 3.50. The first-order valence-electron chi connectivity index (χ1n) is 14.0. The van der Waals surface area contributed by atoms with E-state index >= 15 is 0 Å². The van der Waals surface area contributed by atoms with Crippen molar-refractivity contribution >= 4 is 22.8 Å². The van der Waals surface area contributed by atoms with Crippen molar-refractivity contribution in [2.45, 2.75) is 66.2 Å². The summed E-state index contributed by atoms with van der Waals surface area (Å²) in [6.45, 7) is 12.0. The molecule has 0 radical (unpaired) electrons. The summed E-state index contributed by atoms with van der Waals surface area (Å²) >= 11 is 0. The number of esters is 1. The van der Waals surface area contributed by atoms with Crippen LogP contribution >= 0.6 is 0 Å². The number of halogens is 2. The van der Waals surface area contributed by atoms with E-state index in [0.29, 0.717) is 29.0 Å². The van der Waals surface area contributed by atoms with Crippen molar-refractivity contribution in [3.05, 3.63) is 100 Å². The van der Waals surface area contributed by atoms with Gasteiger partial charge in [0.15, 0.2) is 5.60 Å². The second-order valence-electron chi connectivity index (χ2n) is 11.6. The van der Waals surface area contributed by atoms with Gasteiger partial charge < -0.3 is 19.4 Å². The molecule has 1 N–H and O–H groups in total. The van der Waals surface area contributed by atoms with E-state index in [0.717, 1.165) is 28.7 Å². The normalized spacial score (nSPS) is 12.4. The number of fused-ring (bicyclic) bond motifs is 1. The molecule has 0 aliphatic carbocycles. The number of carbonyl (C=O) groups is 2. The summed E-state index contributed by atoms with van der Waals surface area (Å²) in [4.78, 5) is 25.3. The Kier molecular flexibility index (Phi) is 9.04. The summed E-state index contributed by atoms with van der Waals surface area (Å²) < 4.78 is 41.2. The second kappa shape index (κ2) is 12.3. The largest absolute Gasteiger partial charge is 0.476 e. The van der Waals surface area contributed by atoms with Crippen molar-refractivity contribution in [1.29, 1.82) is 0 Å². The van der Waals surface area contributed by atoms with Crippen LogP contribution < -0.4 is 10.1 Å². The van der Waals surface area contributed by atoms with Gasteiger partial charge in [-0.2, -0.15) is 0 Å². The van der Waals surface area contributed by atoms with E-state index < -0.39 is 17.4 Å². The zero-order valence-electron chi connectivity index (χ0n) is 25.2. The standard InChI is InChI=1S/C34H38F2N2O4/c1-20(2)19-38-22(4)30(15-23-13-27(36)18-28(14-23)42-34(5,6)33(40)41-7)29-12-11-25(17-31(29)38)32(39)37-21(3)24-9-8-10-26(35)16-24/h8-14,16-18,20-21H,15,19H2,1-7H3,(H,37,39)/t21-/m0/s1. The van der Waals surface area contributed by atoms with E-state index in [4.69, 9.17) is 9.47 Å². The van der Waals surface area contributed by atoms with Gasteiger partial charge in [-0.3, -0.25) is 4.79 Å². The maximum Gasteiger partial charge on any atom is 0.349 e. The Morgan fingerprint density at radius 1 is 0.976 bits per heavy atom. The van der Waals surface area contributed by atoms with Crippen molar-refractivity contribution in [2.24, 2.45) is 5.92 Å². The first kappa shape index (κ1) is 30.8. The number of hydrogen-bond donors (Lipinski definition) is 1. The topological polar surface area (TPSA) is 69.6 Å². The van der Waals surface area contributed by atoms with Gasteiger partial charge in [0.05, 0.1) is 13.2 Å². The van der Waals surface area contributed by atoms with E-state index in [-0.39, 0.29) is 23.5 Å². The molecular formula is C34H38F2N2O4. The van der Waals surface area contributed by atoms with E-state index in [9.17, 15) is 18.4 Å². The van der Waals surface area contributed by atoms with Gasteiger partial charge in [0.25, 0.3) is 5.91 Å². The van der Waals surface area contributed by atoms with Crippen molar-refractivity contribution in [3.8, 4) is 5.75 Å². The van der Waals surface area contributed by atoms with Gasteiger partial charge >= 0.3 is 5.97 Å². The monoisotopic (exact) mass is 576 g/mol. The lowest BCUT2D eigenvalue weighted by Crippen LogP contribution is -2.39. The number of hydrogen-bond acceptors (Lipinski definition) is 4. The molecule has 0 saturated carbocycles. The molecule has 1 heterocycles. The van der Waals surface area contributed by atoms with Crippen LogP contribution in [0.1, 0.15) is 73.4 Å². The van der Waals surface area contributed by atoms with Gasteiger partial charge in [-0.15, -0.1) is 0 Å². The Hall–Kier alpha value is -4.20. The van der Waals surface area contributed by atoms with Crippen LogP contribution in [0.3, 0.4) is 0 Å². The molecule has 222 valence electrons. The van der Waals surface area contributed by atoms with E-state index in [1.807, 2.05) is 26.0 Å². The summed E-state index contributed by atoms with van der Waals surface area (Å²) in [7, 11) is 1.28. The van der Waals surface area contributed by atoms with Crippen LogP contribution in [0.15, 0.2) is 60.7 Å². The molecule has 8 heteroatoms. The molecule has 0 fully saturated rings. The van der Waals surface area contributed by atoms with Crippen molar-refractivity contribution in [1.82, 2.24) is 9.88 Å². The van der Waals surface area contributed by atoms with E-state index in [1.54, 1.807) is 38.1 Å². The Bertz CT molecular complexity index is 1620. The molecule has 3 aromatic carbocycles. The number of amides is 1. The molecule has 4 rings (SSSR count). The molecule has 1 aromatic heterocycles. The van der Waals surface area contributed by atoms with Gasteiger partial charge in [-0.05, 0) is 86.7 Å². The molecule has 6 nitrogen and oxygen atoms in total. The van der Waals surface area contributed by atoms with Gasteiger partial charge in [-0.1, -0.05) is 32.0 Å². The number of methoxy groups -OCH3 is 1. The van der Waals surface area contributed by atoms with Crippen molar-refractivity contribution < 1.29 is 27.8 Å². The number of nitrogens with zero attached hydrogens (tertiary/aromatic N) is 1. The summed E-state index contributed by atoms with van der Waals surface area (Å²) in [6.07, 6.45) is 0.419. The zero-order chi connectivity index (χ0) is 30.8. The summed E-state index contributed by atoms with van der Waals surface area (Å²) in [5, 5.41) is 3.93. The third-order valence-electron chi connectivity index (χ3n) is 7.32. The first-order valence-corrected chi connectivity index (χ1v) is 14.0. The quantitative estimate of drug-likeness (QED) is 0.201. The number of carbonyl (C=O) groups excluding carboxylic acids is 2. The van der Waals surface area contributed by atoms with Crippen LogP contribution in [0.4, 0.5) is 8.78 Å². The average Bonchev–Trinajstić information content (AvgIpc) is 3.16. The molecule has 4 aromatic rings. The molecule has 0 saturated heterocycles. The van der Waals surface area contributed by atoms with Crippen LogP contribution in [0.2, 0.25) is 0 Å². The number of nitrogens with one attached hydrogen (secondary N) is 1. The van der Waals surface area contributed by atoms with Gasteiger partial charge in [0.1, 0.15) is 17.4 Å². The highest BCUT2D eigenvalue weighted by molar-refractivity contribution is 5.99. The second-order valence-corrected chi connectivity index (χ2v) is 11.6. The number of benzene rings is 3. The lowest BCUT2D eigenvalue weighted by molar-refractivity contribution is -0.156. The lowest BCUT2D eigenvalue weighted by Gasteiger charge is -2.23. The Morgan fingerprint density at radius 3 is 2.38 bits per heavy atom. The van der Waals surface area contributed by atoms with Crippen LogP contribution in [0.5, 0.6) is 5.75 Å². The molecule has 1 atom stereocenters. The third-order valence-corrected chi connectivity index (χ3v) is 7.32. The molecule has 0 aliphatic rings. The maximum absolute atomic E-state index is 14.7. The van der Waals surface area contributed by atoms with E-state index in [2.05, 4.69) is 23.7 Å². The number of aromatic nitrogens is 1. The molecule has 1 amide bonds. The first-order chi connectivity index (χ1) is 19.8. The summed E-state index contributed by atoms with van der Waals surface area (Å²) in [6, 6.07) is 15.8. The van der Waals surface area contributed by atoms with Crippen LogP contribution in [-0.2, 0) is 22.5 Å². The maximum atomic E-state index is 14.7. The molecule has 0 unspecified atom stereocenters. The minimum absolute atomic E-state index is 0.232. The number of ether oxygens (including phenoxy) is 2. The fraction of sp³-hybridized carbons (Fsp3) is 0.353. The van der Waals surface area contributed by atoms with E-state index in [1.165, 1.54) is 31.4 Å². The Morgan fingerprint density at radius 2 is 1.71 bits per heavy atom. The molecule has 42 heavy (non-hydrogen) atoms. The van der Waals surface area contributed by atoms with Crippen molar-refractivity contribution in [3.63, 3.8) is 0 Å². The third kappa shape index (κ3) is 6.81. The SMILES string of the molecule is COC(=O)C(C)(C)Oc1cc(F)cc(Cc2c(C)n(CC(C)C)c3cc(C(=O)N[C@@H](C)c4cccc(F)c4)ccc23)c1. The summed E-state index contributed by atoms with van der Waals surface area (Å²) in [5.74, 6) is -1.08. The lowest BCUT2D eigenvalue weighted by atomic mass is 10.0. The Labute approximate surface area is 245 Å². The predicted octanol–water partition coefficient (Wildman–Crippen LogP) is 7.30. The van der Waals surface area contributed by atoms with Crippen LogP contribution in [-0.4, -0.2) is 29.2 Å². The van der Waals surface area contributed by atoms with Gasteiger partial charge in [0.2, 0.25) is 0 Å². The minimum atomic E-state index is -1.29. The average molecular weight is 577 g/mol. The predicted molar refractivity (Wildman–Crippen MR) is 160 cm³/mol. The molecular weight excluding hydrogens is 538 g/mol. The zero-order valence-corrected chi connectivity index (χ0v) is 25.2.